The Morgan fingerprint density at radius 3 is 2.55 bits per heavy atom. The Morgan fingerprint density at radius 2 is 1.95 bits per heavy atom. The van der Waals surface area contributed by atoms with E-state index in [4.69, 9.17) is 0 Å². The summed E-state index contributed by atoms with van der Waals surface area (Å²) in [6.07, 6.45) is 0.724. The molecule has 0 spiro atoms. The van der Waals surface area contributed by atoms with Gasteiger partial charge in [-0.15, -0.1) is 0 Å². The minimum atomic E-state index is -1.11. The zero-order valence-electron chi connectivity index (χ0n) is 13.3. The first kappa shape index (κ1) is 16.6. The van der Waals surface area contributed by atoms with E-state index in [-0.39, 0.29) is 22.4 Å². The molecule has 120 valence electrons. The zero-order chi connectivity index (χ0) is 16.5. The van der Waals surface area contributed by atoms with Crippen LogP contribution in [0, 0.1) is 27.4 Å². The maximum absolute atomic E-state index is 12.2. The predicted molar refractivity (Wildman–Crippen MR) is 83.3 cm³/mol. The summed E-state index contributed by atoms with van der Waals surface area (Å²) in [7, 11) is 0. The summed E-state index contributed by atoms with van der Waals surface area (Å²) in [5.41, 5.74) is 0.169. The molecule has 5 heteroatoms. The van der Waals surface area contributed by atoms with E-state index in [1.165, 1.54) is 12.1 Å². The van der Waals surface area contributed by atoms with Gasteiger partial charge < -0.3 is 5.11 Å². The highest BCUT2D eigenvalue weighted by Crippen LogP contribution is 2.43. The molecule has 1 saturated carbocycles. The lowest BCUT2D eigenvalue weighted by atomic mass is 9.67. The van der Waals surface area contributed by atoms with Gasteiger partial charge in [-0.1, -0.05) is 32.9 Å². The predicted octanol–water partition coefficient (Wildman–Crippen LogP) is 3.66. The SMILES string of the molecule is CC(C)(C)C1CCC(=O)[C@H]([C@@H](O)c2ccccc2[N+](=O)[O-])C1. The van der Waals surface area contributed by atoms with Crippen molar-refractivity contribution in [3.8, 4) is 0 Å². The van der Waals surface area contributed by atoms with Crippen LogP contribution >= 0.6 is 0 Å². The van der Waals surface area contributed by atoms with E-state index in [1.807, 2.05) is 0 Å². The van der Waals surface area contributed by atoms with Crippen LogP contribution in [0.25, 0.3) is 0 Å². The molecule has 1 aliphatic rings. The summed E-state index contributed by atoms with van der Waals surface area (Å²) in [4.78, 5) is 22.8. The van der Waals surface area contributed by atoms with Crippen molar-refractivity contribution in [2.24, 2.45) is 17.3 Å². The molecule has 0 saturated heterocycles. The van der Waals surface area contributed by atoms with Gasteiger partial charge in [0.25, 0.3) is 5.69 Å². The molecule has 0 bridgehead atoms. The molecule has 0 aromatic heterocycles. The second-order valence-electron chi connectivity index (χ2n) is 7.17. The van der Waals surface area contributed by atoms with Crippen LogP contribution in [-0.4, -0.2) is 15.8 Å². The van der Waals surface area contributed by atoms with Gasteiger partial charge in [0.2, 0.25) is 0 Å². The number of para-hydroxylation sites is 1. The number of nitro benzene ring substituents is 1. The molecule has 0 amide bonds. The van der Waals surface area contributed by atoms with Crippen LogP contribution in [0.4, 0.5) is 5.69 Å². The number of hydrogen-bond acceptors (Lipinski definition) is 4. The van der Waals surface area contributed by atoms with Crippen LogP contribution in [0.2, 0.25) is 0 Å². The van der Waals surface area contributed by atoms with Gasteiger partial charge in [0, 0.05) is 18.4 Å². The molecule has 5 nitrogen and oxygen atoms in total. The zero-order valence-corrected chi connectivity index (χ0v) is 13.3. The largest absolute Gasteiger partial charge is 0.387 e. The Labute approximate surface area is 130 Å². The average Bonchev–Trinajstić information content (AvgIpc) is 2.45. The fraction of sp³-hybridized carbons (Fsp3) is 0.588. The molecule has 0 aliphatic heterocycles. The van der Waals surface area contributed by atoms with Gasteiger partial charge in [0.05, 0.1) is 16.6 Å². The number of aliphatic hydroxyl groups is 1. The van der Waals surface area contributed by atoms with Gasteiger partial charge in [0.15, 0.2) is 0 Å². The van der Waals surface area contributed by atoms with Crippen molar-refractivity contribution in [1.82, 2.24) is 0 Å². The number of nitro groups is 1. The van der Waals surface area contributed by atoms with Gasteiger partial charge in [-0.3, -0.25) is 14.9 Å². The fourth-order valence-corrected chi connectivity index (χ4v) is 3.27. The average molecular weight is 305 g/mol. The quantitative estimate of drug-likeness (QED) is 0.682. The second-order valence-corrected chi connectivity index (χ2v) is 7.17. The van der Waals surface area contributed by atoms with Crippen molar-refractivity contribution in [1.29, 1.82) is 0 Å². The van der Waals surface area contributed by atoms with Crippen LogP contribution < -0.4 is 0 Å². The van der Waals surface area contributed by atoms with E-state index in [1.54, 1.807) is 12.1 Å². The molecular weight excluding hydrogens is 282 g/mol. The van der Waals surface area contributed by atoms with Crippen molar-refractivity contribution in [3.63, 3.8) is 0 Å². The monoisotopic (exact) mass is 305 g/mol. The summed E-state index contributed by atoms with van der Waals surface area (Å²) in [6, 6.07) is 6.12. The van der Waals surface area contributed by atoms with Crippen molar-refractivity contribution in [3.05, 3.63) is 39.9 Å². The molecule has 2 rings (SSSR count). The number of carbonyl (C=O) groups is 1. The van der Waals surface area contributed by atoms with Crippen LogP contribution in [0.1, 0.15) is 51.7 Å². The molecule has 1 N–H and O–H groups in total. The highest BCUT2D eigenvalue weighted by Gasteiger charge is 2.40. The maximum Gasteiger partial charge on any atom is 0.275 e. The maximum atomic E-state index is 12.2. The van der Waals surface area contributed by atoms with Crippen molar-refractivity contribution < 1.29 is 14.8 Å². The number of aliphatic hydroxyl groups excluding tert-OH is 1. The topological polar surface area (TPSA) is 80.4 Å². The Kier molecular flexibility index (Phi) is 4.66. The standard InChI is InChI=1S/C17H23NO4/c1-17(2,3)11-8-9-15(19)13(10-11)16(20)12-6-4-5-7-14(12)18(21)22/h4-7,11,13,16,20H,8-10H2,1-3H3/t11?,13-,16+/m1/s1. The first-order chi connectivity index (χ1) is 10.2. The molecular formula is C17H23NO4. The minimum Gasteiger partial charge on any atom is -0.387 e. The Hall–Kier alpha value is -1.75. The first-order valence-electron chi connectivity index (χ1n) is 7.66. The molecule has 1 aliphatic carbocycles. The lowest BCUT2D eigenvalue weighted by molar-refractivity contribution is -0.386. The van der Waals surface area contributed by atoms with Gasteiger partial charge in [0.1, 0.15) is 5.78 Å². The van der Waals surface area contributed by atoms with E-state index in [0.717, 1.165) is 6.42 Å². The Balaban J connectivity index is 2.29. The number of rotatable bonds is 3. The molecule has 1 unspecified atom stereocenters. The number of hydrogen-bond donors (Lipinski definition) is 1. The molecule has 1 fully saturated rings. The van der Waals surface area contributed by atoms with Gasteiger partial charge in [-0.2, -0.15) is 0 Å². The highest BCUT2D eigenvalue weighted by atomic mass is 16.6. The number of ketones is 1. The minimum absolute atomic E-state index is 0.00570. The summed E-state index contributed by atoms with van der Waals surface area (Å²) >= 11 is 0. The first-order valence-corrected chi connectivity index (χ1v) is 7.66. The lowest BCUT2D eigenvalue weighted by Crippen LogP contribution is -2.35. The Morgan fingerprint density at radius 1 is 1.32 bits per heavy atom. The van der Waals surface area contributed by atoms with E-state index < -0.39 is 16.9 Å². The Bertz CT molecular complexity index is 576. The number of benzene rings is 1. The van der Waals surface area contributed by atoms with E-state index in [2.05, 4.69) is 20.8 Å². The summed E-state index contributed by atoms with van der Waals surface area (Å²) < 4.78 is 0. The van der Waals surface area contributed by atoms with Crippen LogP contribution in [0.3, 0.4) is 0 Å². The molecule has 3 atom stereocenters. The van der Waals surface area contributed by atoms with Gasteiger partial charge in [-0.05, 0) is 30.2 Å². The van der Waals surface area contributed by atoms with Crippen LogP contribution in [0.15, 0.2) is 24.3 Å². The van der Waals surface area contributed by atoms with E-state index in [0.29, 0.717) is 18.8 Å². The third-order valence-corrected chi connectivity index (χ3v) is 4.75. The summed E-state index contributed by atoms with van der Waals surface area (Å²) in [5, 5.41) is 21.7. The third-order valence-electron chi connectivity index (χ3n) is 4.75. The molecule has 1 aromatic rings. The summed E-state index contributed by atoms with van der Waals surface area (Å²) in [5.74, 6) is -0.224. The van der Waals surface area contributed by atoms with E-state index >= 15 is 0 Å². The normalized spacial score (nSPS) is 24.1. The van der Waals surface area contributed by atoms with Crippen LogP contribution in [0.5, 0.6) is 0 Å². The number of nitrogens with zero attached hydrogens (tertiary/aromatic N) is 1. The fourth-order valence-electron chi connectivity index (χ4n) is 3.27. The van der Waals surface area contributed by atoms with Crippen molar-refractivity contribution >= 4 is 11.5 Å². The molecule has 1 aromatic carbocycles. The van der Waals surface area contributed by atoms with Gasteiger partial charge >= 0.3 is 0 Å². The van der Waals surface area contributed by atoms with Gasteiger partial charge in [-0.25, -0.2) is 0 Å². The molecule has 22 heavy (non-hydrogen) atoms. The smallest absolute Gasteiger partial charge is 0.275 e. The third kappa shape index (κ3) is 3.35. The number of Topliss-reactive ketones (excluding diaryl/α,β-unsaturated/α-hetero) is 1. The van der Waals surface area contributed by atoms with E-state index in [9.17, 15) is 20.0 Å². The summed E-state index contributed by atoms with van der Waals surface area (Å²) in [6.45, 7) is 6.38. The molecule has 0 heterocycles. The lowest BCUT2D eigenvalue weighted by Gasteiger charge is -2.38. The van der Waals surface area contributed by atoms with Crippen molar-refractivity contribution in [2.75, 3.05) is 0 Å². The van der Waals surface area contributed by atoms with Crippen LogP contribution in [-0.2, 0) is 4.79 Å². The molecule has 0 radical (unpaired) electrons. The van der Waals surface area contributed by atoms with Crippen molar-refractivity contribution in [2.45, 2.75) is 46.1 Å². The number of carbonyl (C=O) groups excluding carboxylic acids is 1. The highest BCUT2D eigenvalue weighted by molar-refractivity contribution is 5.82. The second kappa shape index (κ2) is 6.16.